The maximum atomic E-state index is 12.2. The molecule has 0 aromatic heterocycles. The van der Waals surface area contributed by atoms with Crippen LogP contribution in [-0.4, -0.2) is 61.9 Å². The first kappa shape index (κ1) is 19.6. The van der Waals surface area contributed by atoms with E-state index in [2.05, 4.69) is 19.1 Å². The summed E-state index contributed by atoms with van der Waals surface area (Å²) in [6.45, 7) is 4.13. The molecule has 1 heterocycles. The minimum atomic E-state index is -0.275. The van der Waals surface area contributed by atoms with E-state index >= 15 is 0 Å². The maximum Gasteiger partial charge on any atom is 0.409 e. The molecule has 1 aliphatic carbocycles. The van der Waals surface area contributed by atoms with Crippen molar-refractivity contribution in [2.45, 2.75) is 51.5 Å². The summed E-state index contributed by atoms with van der Waals surface area (Å²) in [6, 6.07) is 0.0952. The van der Waals surface area contributed by atoms with Gasteiger partial charge in [0.2, 0.25) is 0 Å². The molecule has 3 atom stereocenters. The Morgan fingerprint density at radius 2 is 2.04 bits per heavy atom. The molecule has 1 aliphatic heterocycles. The van der Waals surface area contributed by atoms with Crippen molar-refractivity contribution in [2.75, 3.05) is 33.9 Å². The van der Waals surface area contributed by atoms with Crippen LogP contribution in [0.4, 0.5) is 9.59 Å². The number of allylic oxidation sites excluding steroid dienone is 1. The predicted octanol–water partition coefficient (Wildman–Crippen LogP) is 3.67. The predicted molar refractivity (Wildman–Crippen MR) is 96.4 cm³/mol. The molecule has 0 aromatic rings. The second kappa shape index (κ2) is 9.68. The average molecular weight is 352 g/mol. The van der Waals surface area contributed by atoms with Crippen LogP contribution in [0.15, 0.2) is 12.2 Å². The molecule has 0 aromatic carbocycles. The average Bonchev–Trinajstić information content (AvgIpc) is 3.08. The summed E-state index contributed by atoms with van der Waals surface area (Å²) in [7, 11) is 2.86. The molecule has 0 N–H and O–H groups in total. The van der Waals surface area contributed by atoms with E-state index in [4.69, 9.17) is 9.47 Å². The number of hydrogen-bond donors (Lipinski definition) is 0. The molecule has 6 nitrogen and oxygen atoms in total. The van der Waals surface area contributed by atoms with Crippen molar-refractivity contribution in [3.05, 3.63) is 12.2 Å². The number of carbonyl (C=O) groups is 2. The summed E-state index contributed by atoms with van der Waals surface area (Å²) >= 11 is 0. The fraction of sp³-hybridized carbons (Fsp3) is 0.789. The Balaban J connectivity index is 2.15. The lowest BCUT2D eigenvalue weighted by atomic mass is 9.82. The third kappa shape index (κ3) is 4.89. The summed E-state index contributed by atoms with van der Waals surface area (Å²) in [5.41, 5.74) is 0. The van der Waals surface area contributed by atoms with Crippen LogP contribution in [-0.2, 0) is 9.47 Å². The number of unbranched alkanes of at least 4 members (excludes halogenated alkanes) is 1. The lowest BCUT2D eigenvalue weighted by Crippen LogP contribution is -2.46. The highest BCUT2D eigenvalue weighted by Crippen LogP contribution is 2.36. The number of likely N-dealkylation sites (tertiary alicyclic amines) is 1. The fourth-order valence-electron chi connectivity index (χ4n) is 4.13. The number of nitrogens with zero attached hydrogens (tertiary/aromatic N) is 2. The van der Waals surface area contributed by atoms with Crippen molar-refractivity contribution in [1.82, 2.24) is 9.80 Å². The quantitative estimate of drug-likeness (QED) is 0.685. The summed E-state index contributed by atoms with van der Waals surface area (Å²) in [5.74, 6) is 0.592. The molecule has 0 spiro atoms. The van der Waals surface area contributed by atoms with Crippen LogP contribution in [0.5, 0.6) is 0 Å². The summed E-state index contributed by atoms with van der Waals surface area (Å²) in [6.07, 6.45) is 10.1. The molecule has 2 amide bonds. The first-order chi connectivity index (χ1) is 12.1. The Morgan fingerprint density at radius 3 is 2.64 bits per heavy atom. The summed E-state index contributed by atoms with van der Waals surface area (Å²) in [4.78, 5) is 28.0. The van der Waals surface area contributed by atoms with E-state index in [1.54, 1.807) is 4.90 Å². The van der Waals surface area contributed by atoms with Crippen LogP contribution in [0.3, 0.4) is 0 Å². The Morgan fingerprint density at radius 1 is 1.24 bits per heavy atom. The molecule has 0 bridgehead atoms. The Labute approximate surface area is 151 Å². The van der Waals surface area contributed by atoms with Crippen LogP contribution in [0.25, 0.3) is 0 Å². The number of hydrogen-bond acceptors (Lipinski definition) is 4. The second-order valence-corrected chi connectivity index (χ2v) is 7.00. The van der Waals surface area contributed by atoms with Gasteiger partial charge in [-0.2, -0.15) is 0 Å². The number of carbonyl (C=O) groups excluding carboxylic acids is 2. The first-order valence-electron chi connectivity index (χ1n) is 9.46. The van der Waals surface area contributed by atoms with Gasteiger partial charge in [-0.05, 0) is 43.9 Å². The van der Waals surface area contributed by atoms with Crippen molar-refractivity contribution in [2.24, 2.45) is 11.8 Å². The van der Waals surface area contributed by atoms with Crippen LogP contribution in [0, 0.1) is 11.8 Å². The second-order valence-electron chi connectivity index (χ2n) is 7.00. The van der Waals surface area contributed by atoms with Crippen LogP contribution >= 0.6 is 0 Å². The molecule has 3 unspecified atom stereocenters. The molecular formula is C19H32N2O4. The van der Waals surface area contributed by atoms with Gasteiger partial charge in [-0.15, -0.1) is 0 Å². The Bertz CT molecular complexity index is 480. The largest absolute Gasteiger partial charge is 0.453 e. The lowest BCUT2D eigenvalue weighted by Gasteiger charge is -2.35. The van der Waals surface area contributed by atoms with Crippen molar-refractivity contribution < 1.29 is 19.1 Å². The van der Waals surface area contributed by atoms with Crippen molar-refractivity contribution in [3.8, 4) is 0 Å². The van der Waals surface area contributed by atoms with E-state index in [1.165, 1.54) is 14.2 Å². The van der Waals surface area contributed by atoms with Gasteiger partial charge in [-0.3, -0.25) is 0 Å². The van der Waals surface area contributed by atoms with Crippen LogP contribution < -0.4 is 0 Å². The highest BCUT2D eigenvalue weighted by Gasteiger charge is 2.42. The van der Waals surface area contributed by atoms with Gasteiger partial charge >= 0.3 is 12.2 Å². The molecular weight excluding hydrogens is 320 g/mol. The molecule has 0 saturated carbocycles. The molecule has 142 valence electrons. The van der Waals surface area contributed by atoms with E-state index in [-0.39, 0.29) is 24.1 Å². The van der Waals surface area contributed by atoms with Crippen molar-refractivity contribution >= 4 is 12.2 Å². The van der Waals surface area contributed by atoms with Gasteiger partial charge in [0, 0.05) is 25.7 Å². The minimum absolute atomic E-state index is 0.0952. The van der Waals surface area contributed by atoms with E-state index in [9.17, 15) is 9.59 Å². The van der Waals surface area contributed by atoms with E-state index < -0.39 is 0 Å². The lowest BCUT2D eigenvalue weighted by molar-refractivity contribution is 0.0885. The number of amides is 2. The number of methoxy groups -OCH3 is 2. The minimum Gasteiger partial charge on any atom is -0.453 e. The SMILES string of the molecule is CCCCN(CC1CCN(C(=O)OC)C1C1C=CCCC1)C(=O)OC. The van der Waals surface area contributed by atoms with Crippen molar-refractivity contribution in [1.29, 1.82) is 0 Å². The third-order valence-corrected chi connectivity index (χ3v) is 5.39. The molecule has 25 heavy (non-hydrogen) atoms. The molecule has 2 aliphatic rings. The number of ether oxygens (including phenoxy) is 2. The zero-order valence-electron chi connectivity index (χ0n) is 15.8. The zero-order chi connectivity index (χ0) is 18.2. The van der Waals surface area contributed by atoms with E-state index in [1.807, 2.05) is 4.90 Å². The van der Waals surface area contributed by atoms with Gasteiger partial charge in [0.15, 0.2) is 0 Å². The standard InChI is InChI=1S/C19H32N2O4/c1-4-5-12-20(18(22)24-2)14-16-11-13-21(19(23)25-3)17(16)15-9-7-6-8-10-15/h7,9,15-17H,4-6,8,10-14H2,1-3H3. The van der Waals surface area contributed by atoms with Crippen LogP contribution in [0.2, 0.25) is 0 Å². The molecule has 1 fully saturated rings. The highest BCUT2D eigenvalue weighted by molar-refractivity contribution is 5.69. The summed E-state index contributed by atoms with van der Waals surface area (Å²) in [5, 5.41) is 0. The molecule has 6 heteroatoms. The van der Waals surface area contributed by atoms with Crippen molar-refractivity contribution in [3.63, 3.8) is 0 Å². The van der Waals surface area contributed by atoms with Crippen LogP contribution in [0.1, 0.15) is 45.4 Å². The Kier molecular flexibility index (Phi) is 7.59. The molecule has 2 rings (SSSR count). The van der Waals surface area contributed by atoms with Gasteiger partial charge in [0.1, 0.15) is 0 Å². The number of rotatable bonds is 6. The van der Waals surface area contributed by atoms with Gasteiger partial charge < -0.3 is 19.3 Å². The van der Waals surface area contributed by atoms with E-state index in [0.717, 1.165) is 38.5 Å². The van der Waals surface area contributed by atoms with Gasteiger partial charge in [0.05, 0.1) is 14.2 Å². The van der Waals surface area contributed by atoms with Gasteiger partial charge in [-0.25, -0.2) is 9.59 Å². The molecule has 1 saturated heterocycles. The van der Waals surface area contributed by atoms with Gasteiger partial charge in [-0.1, -0.05) is 25.5 Å². The Hall–Kier alpha value is -1.72. The topological polar surface area (TPSA) is 59.1 Å². The molecule has 0 radical (unpaired) electrons. The summed E-state index contributed by atoms with van der Waals surface area (Å²) < 4.78 is 9.96. The van der Waals surface area contributed by atoms with Gasteiger partial charge in [0.25, 0.3) is 0 Å². The highest BCUT2D eigenvalue weighted by atomic mass is 16.5. The normalized spacial score (nSPS) is 25.7. The maximum absolute atomic E-state index is 12.2. The fourth-order valence-corrected chi connectivity index (χ4v) is 4.13. The first-order valence-corrected chi connectivity index (χ1v) is 9.46. The zero-order valence-corrected chi connectivity index (χ0v) is 15.8. The van der Waals surface area contributed by atoms with E-state index in [0.29, 0.717) is 25.6 Å². The third-order valence-electron chi connectivity index (χ3n) is 5.39. The monoisotopic (exact) mass is 352 g/mol. The smallest absolute Gasteiger partial charge is 0.409 e.